The summed E-state index contributed by atoms with van der Waals surface area (Å²) in [6.45, 7) is 8.34. The first-order chi connectivity index (χ1) is 30.3. The fourth-order valence-electron chi connectivity index (χ4n) is 6.58. The summed E-state index contributed by atoms with van der Waals surface area (Å²) in [6.07, 6.45) is 32.2. The maximum atomic E-state index is 14.2. The zero-order chi connectivity index (χ0) is 43.8. The van der Waals surface area contributed by atoms with E-state index < -0.39 is 12.0 Å². The van der Waals surface area contributed by atoms with Gasteiger partial charge in [0.15, 0.2) is 5.78 Å². The van der Waals surface area contributed by atoms with Gasteiger partial charge >= 0.3 is 5.97 Å². The summed E-state index contributed by atoms with van der Waals surface area (Å²) in [5, 5.41) is 13.4. The molecule has 10 heteroatoms. The molecule has 1 aliphatic heterocycles. The third-order valence-electron chi connectivity index (χ3n) is 10.00. The highest BCUT2D eigenvalue weighted by molar-refractivity contribution is 7.22. The second-order valence-electron chi connectivity index (χ2n) is 14.8. The molecule has 0 aliphatic carbocycles. The maximum absolute atomic E-state index is 14.2. The number of fused-ring (bicyclic) bond motifs is 1. The minimum absolute atomic E-state index is 0.121. The molecule has 326 valence electrons. The van der Waals surface area contributed by atoms with Gasteiger partial charge in [-0.25, -0.2) is 4.79 Å². The van der Waals surface area contributed by atoms with Crippen molar-refractivity contribution in [2.75, 3.05) is 39.5 Å². The average Bonchev–Trinajstić information content (AvgIpc) is 3.66. The molecule has 1 unspecified atom stereocenters. The Morgan fingerprint density at radius 2 is 1.35 bits per heavy atom. The largest absolute Gasteiger partial charge is 0.508 e. The highest BCUT2D eigenvalue weighted by atomic mass is 32.1. The molecule has 4 aromatic rings. The number of hydrogen-bond donors (Lipinski definition) is 2. The summed E-state index contributed by atoms with van der Waals surface area (Å²) in [6, 6.07) is 18.2. The Morgan fingerprint density at radius 1 is 0.774 bits per heavy atom. The molecule has 1 atom stereocenters. The number of benzene rings is 3. The zero-order valence-corrected chi connectivity index (χ0v) is 36.8. The number of nitrogens with zero attached hydrogens (tertiary/aromatic N) is 1. The predicted molar refractivity (Wildman–Crippen MR) is 252 cm³/mol. The Kier molecular flexibility index (Phi) is 20.2. The van der Waals surface area contributed by atoms with Crippen LogP contribution in [0.5, 0.6) is 17.2 Å². The molecule has 5 rings (SSSR count). The SMILES string of the molecule is CC/C=C\C/C=C\C/C=C\C/C=C\C/C=C\C/C=C\CCC(=O)NC(C)C(=O)Oc1ccc2c(C(=O)c3ccc(OCCN4CCOCC4)cc3)c(-c3ccc(O)cc3)sc2c1. The van der Waals surface area contributed by atoms with Gasteiger partial charge in [0.05, 0.1) is 13.2 Å². The van der Waals surface area contributed by atoms with Crippen molar-refractivity contribution in [3.05, 3.63) is 151 Å². The molecular formula is C52H60N2O7S. The second-order valence-corrected chi connectivity index (χ2v) is 15.9. The van der Waals surface area contributed by atoms with E-state index in [1.807, 2.05) is 24.3 Å². The molecule has 2 N–H and O–H groups in total. The van der Waals surface area contributed by atoms with E-state index in [-0.39, 0.29) is 23.9 Å². The Morgan fingerprint density at radius 3 is 1.97 bits per heavy atom. The van der Waals surface area contributed by atoms with Gasteiger partial charge in [-0.3, -0.25) is 14.5 Å². The average molecular weight is 857 g/mol. The molecule has 2 heterocycles. The molecule has 62 heavy (non-hydrogen) atoms. The van der Waals surface area contributed by atoms with Gasteiger partial charge in [0.25, 0.3) is 0 Å². The first-order valence-electron chi connectivity index (χ1n) is 21.7. The van der Waals surface area contributed by atoms with E-state index in [9.17, 15) is 19.5 Å². The lowest BCUT2D eigenvalue weighted by molar-refractivity contribution is -0.138. The number of morpholine rings is 1. The summed E-state index contributed by atoms with van der Waals surface area (Å²) < 4.78 is 17.8. The van der Waals surface area contributed by atoms with Crippen LogP contribution in [0, 0.1) is 0 Å². The predicted octanol–water partition coefficient (Wildman–Crippen LogP) is 11.1. The number of phenolic OH excluding ortho intramolecular Hbond substituents is 1. The molecule has 0 spiro atoms. The number of aromatic hydroxyl groups is 1. The van der Waals surface area contributed by atoms with Crippen LogP contribution in [-0.4, -0.2) is 73.2 Å². The zero-order valence-electron chi connectivity index (χ0n) is 36.0. The third kappa shape index (κ3) is 15.9. The van der Waals surface area contributed by atoms with E-state index in [1.54, 1.807) is 61.5 Å². The van der Waals surface area contributed by atoms with Crippen LogP contribution in [0.3, 0.4) is 0 Å². The van der Waals surface area contributed by atoms with Crippen LogP contribution in [0.1, 0.15) is 81.1 Å². The fraction of sp³-hybridized carbons (Fsp3) is 0.327. The number of nitrogens with one attached hydrogen (secondary N) is 1. The van der Waals surface area contributed by atoms with Crippen LogP contribution in [0.15, 0.2) is 140 Å². The van der Waals surface area contributed by atoms with Gasteiger partial charge in [-0.05, 0) is 124 Å². The van der Waals surface area contributed by atoms with Crippen molar-refractivity contribution in [3.8, 4) is 27.7 Å². The number of hydrogen-bond acceptors (Lipinski definition) is 9. The summed E-state index contributed by atoms with van der Waals surface area (Å²) in [5.74, 6) is 0.117. The van der Waals surface area contributed by atoms with E-state index in [0.717, 1.165) is 86.5 Å². The minimum Gasteiger partial charge on any atom is -0.508 e. The minimum atomic E-state index is -0.858. The molecule has 1 fully saturated rings. The summed E-state index contributed by atoms with van der Waals surface area (Å²) in [7, 11) is 0. The van der Waals surface area contributed by atoms with Crippen LogP contribution in [-0.2, 0) is 14.3 Å². The van der Waals surface area contributed by atoms with Gasteiger partial charge in [0, 0.05) is 52.1 Å². The van der Waals surface area contributed by atoms with Crippen molar-refractivity contribution in [2.24, 2.45) is 0 Å². The van der Waals surface area contributed by atoms with Gasteiger partial charge in [-0.2, -0.15) is 0 Å². The normalized spacial score (nSPS) is 14.4. The van der Waals surface area contributed by atoms with Crippen LogP contribution in [0.4, 0.5) is 0 Å². The number of esters is 1. The Balaban J connectivity index is 1.08. The number of allylic oxidation sites excluding steroid dienone is 12. The fourth-order valence-corrected chi connectivity index (χ4v) is 7.81. The van der Waals surface area contributed by atoms with E-state index in [2.05, 4.69) is 77.9 Å². The number of ketones is 1. The van der Waals surface area contributed by atoms with Crippen LogP contribution in [0.2, 0.25) is 0 Å². The van der Waals surface area contributed by atoms with Crippen LogP contribution in [0.25, 0.3) is 20.5 Å². The summed E-state index contributed by atoms with van der Waals surface area (Å²) in [4.78, 5) is 42.9. The van der Waals surface area contributed by atoms with Gasteiger partial charge in [-0.1, -0.05) is 79.8 Å². The Hall–Kier alpha value is -5.81. The molecule has 0 radical (unpaired) electrons. The number of carbonyl (C=O) groups excluding carboxylic acids is 3. The maximum Gasteiger partial charge on any atom is 0.333 e. The van der Waals surface area contributed by atoms with Crippen molar-refractivity contribution >= 4 is 39.1 Å². The topological polar surface area (TPSA) is 114 Å². The molecule has 1 saturated heterocycles. The van der Waals surface area contributed by atoms with Gasteiger partial charge < -0.3 is 24.6 Å². The number of carbonyl (C=O) groups is 3. The number of rotatable bonds is 24. The Bertz CT molecular complexity index is 2210. The summed E-state index contributed by atoms with van der Waals surface area (Å²) >= 11 is 1.40. The third-order valence-corrected chi connectivity index (χ3v) is 11.2. The summed E-state index contributed by atoms with van der Waals surface area (Å²) in [5.41, 5.74) is 1.79. The van der Waals surface area contributed by atoms with Crippen molar-refractivity contribution in [2.45, 2.75) is 71.3 Å². The molecule has 3 aromatic carbocycles. The molecule has 0 saturated carbocycles. The molecule has 9 nitrogen and oxygen atoms in total. The lowest BCUT2D eigenvalue weighted by Crippen LogP contribution is -2.40. The molecule has 1 aromatic heterocycles. The lowest BCUT2D eigenvalue weighted by atomic mass is 9.97. The Labute approximate surface area is 370 Å². The van der Waals surface area contributed by atoms with Gasteiger partial charge in [-0.15, -0.1) is 11.3 Å². The van der Waals surface area contributed by atoms with Gasteiger partial charge in [0.2, 0.25) is 5.91 Å². The van der Waals surface area contributed by atoms with Crippen molar-refractivity contribution in [1.29, 1.82) is 0 Å². The molecule has 1 amide bonds. The van der Waals surface area contributed by atoms with E-state index in [1.165, 1.54) is 11.3 Å². The quantitative estimate of drug-likeness (QED) is 0.0310. The van der Waals surface area contributed by atoms with E-state index in [0.29, 0.717) is 41.0 Å². The standard InChI is InChI=1S/C52H60N2O7S/c1-3-4-5-6-7-8-9-10-11-12-13-14-15-16-17-18-19-20-21-22-48(56)53-40(2)52(58)61-45-31-32-46-47(39-45)62-51(42-23-27-43(55)28-24-42)49(46)50(57)41-25-29-44(30-26-41)60-38-35-54-33-36-59-37-34-54/h4-5,7-8,10-11,13-14,16-17,19-20,23-32,39-40,55H,3,6,9,12,15,18,21-22,33-38H2,1-2H3,(H,53,56)/b5-4-,8-7-,11-10-,14-13-,17-16-,20-19-. The lowest BCUT2D eigenvalue weighted by Gasteiger charge is -2.26. The van der Waals surface area contributed by atoms with Crippen LogP contribution < -0.4 is 14.8 Å². The number of amides is 1. The monoisotopic (exact) mass is 856 g/mol. The molecule has 0 bridgehead atoms. The number of thiophene rings is 1. The highest BCUT2D eigenvalue weighted by Crippen LogP contribution is 2.42. The van der Waals surface area contributed by atoms with E-state index >= 15 is 0 Å². The first-order valence-corrected chi connectivity index (χ1v) is 22.5. The van der Waals surface area contributed by atoms with Gasteiger partial charge in [0.1, 0.15) is 29.9 Å². The second kappa shape index (κ2) is 26.5. The van der Waals surface area contributed by atoms with Crippen LogP contribution >= 0.6 is 11.3 Å². The van der Waals surface area contributed by atoms with E-state index in [4.69, 9.17) is 14.2 Å². The van der Waals surface area contributed by atoms with Crippen molar-refractivity contribution in [1.82, 2.24) is 10.2 Å². The van der Waals surface area contributed by atoms with Crippen molar-refractivity contribution < 1.29 is 33.7 Å². The molecule has 1 aliphatic rings. The smallest absolute Gasteiger partial charge is 0.333 e. The number of ether oxygens (including phenoxy) is 3. The molecular weight excluding hydrogens is 797 g/mol. The van der Waals surface area contributed by atoms with Crippen molar-refractivity contribution in [3.63, 3.8) is 0 Å². The highest BCUT2D eigenvalue weighted by Gasteiger charge is 2.24. The first kappa shape index (κ1) is 47.2. The number of phenols is 1.